The Morgan fingerprint density at radius 1 is 1.22 bits per heavy atom. The first-order chi connectivity index (χ1) is 8.10. The molecule has 0 aliphatic carbocycles. The van der Waals surface area contributed by atoms with Crippen molar-refractivity contribution in [3.05, 3.63) is 10.9 Å². The monoisotopic (exact) mass is 269 g/mol. The van der Waals surface area contributed by atoms with Crippen LogP contribution in [0.4, 0.5) is 0 Å². The van der Waals surface area contributed by atoms with E-state index in [4.69, 9.17) is 4.52 Å². The van der Waals surface area contributed by atoms with Gasteiger partial charge in [0.1, 0.15) is 0 Å². The van der Waals surface area contributed by atoms with Gasteiger partial charge in [0.25, 0.3) is 0 Å². The van der Waals surface area contributed by atoms with Crippen molar-refractivity contribution in [2.45, 2.75) is 60.5 Å². The van der Waals surface area contributed by atoms with Gasteiger partial charge in [0.15, 0.2) is 0 Å². The summed E-state index contributed by atoms with van der Waals surface area (Å²) in [6.07, 6.45) is 1.09. The highest BCUT2D eigenvalue weighted by Gasteiger charge is 2.37. The Morgan fingerprint density at radius 2 is 1.78 bits per heavy atom. The number of allylic oxidation sites excluding steroid dienone is 1. The molecule has 0 aromatic carbocycles. The van der Waals surface area contributed by atoms with Crippen molar-refractivity contribution >= 4 is 13.9 Å². The zero-order valence-corrected chi connectivity index (χ0v) is 14.1. The molecular weight excluding hydrogens is 241 g/mol. The largest absolute Gasteiger partial charge is 0.348 e. The topological polar surface area (TPSA) is 21.6 Å². The molecule has 0 amide bonds. The van der Waals surface area contributed by atoms with Crippen LogP contribution < -0.4 is 0 Å². The van der Waals surface area contributed by atoms with Crippen LogP contribution in [0.3, 0.4) is 0 Å². The van der Waals surface area contributed by atoms with Crippen LogP contribution >= 0.6 is 8.15 Å². The highest BCUT2D eigenvalue weighted by molar-refractivity contribution is 7.58. The molecule has 1 aliphatic rings. The van der Waals surface area contributed by atoms with Gasteiger partial charge in [-0.25, -0.2) is 0 Å². The molecule has 1 heterocycles. The number of aliphatic imine (C=N–C) groups is 1. The molecule has 0 bridgehead atoms. The Kier molecular flexibility index (Phi) is 4.78. The molecule has 0 fully saturated rings. The molecule has 0 saturated carbocycles. The fourth-order valence-corrected chi connectivity index (χ4v) is 4.12. The summed E-state index contributed by atoms with van der Waals surface area (Å²) in [5, 5.41) is 1.39. The lowest BCUT2D eigenvalue weighted by atomic mass is 9.79. The summed E-state index contributed by atoms with van der Waals surface area (Å²) in [6.45, 7) is 18.5. The van der Waals surface area contributed by atoms with E-state index in [1.54, 1.807) is 0 Å². The van der Waals surface area contributed by atoms with Crippen LogP contribution in [-0.4, -0.2) is 24.5 Å². The molecule has 1 atom stereocenters. The second kappa shape index (κ2) is 5.43. The third-order valence-electron chi connectivity index (χ3n) is 4.10. The summed E-state index contributed by atoms with van der Waals surface area (Å²) in [5.74, 6) is 0. The zero-order valence-electron chi connectivity index (χ0n) is 13.2. The van der Waals surface area contributed by atoms with Crippen molar-refractivity contribution in [1.29, 1.82) is 0 Å². The van der Waals surface area contributed by atoms with Gasteiger partial charge in [-0.05, 0) is 44.8 Å². The van der Waals surface area contributed by atoms with Crippen LogP contribution in [0.2, 0.25) is 0 Å². The lowest BCUT2D eigenvalue weighted by molar-refractivity contribution is 0.0127. The third-order valence-corrected chi connectivity index (χ3v) is 6.10. The Hall–Kier alpha value is -0.200. The lowest BCUT2D eigenvalue weighted by Crippen LogP contribution is -2.38. The Balaban J connectivity index is 2.90. The van der Waals surface area contributed by atoms with Crippen LogP contribution in [0.1, 0.15) is 54.9 Å². The number of nitrogens with zero attached hydrogens (tertiary/aromatic N) is 1. The Labute approximate surface area is 114 Å². The fourth-order valence-electron chi connectivity index (χ4n) is 1.87. The van der Waals surface area contributed by atoms with E-state index in [1.165, 1.54) is 16.6 Å². The Bertz CT molecular complexity index is 374. The number of hydrogen-bond acceptors (Lipinski definition) is 2. The number of hydrogen-bond donors (Lipinski definition) is 0. The van der Waals surface area contributed by atoms with Crippen LogP contribution in [0, 0.1) is 5.41 Å². The molecule has 1 unspecified atom stereocenters. The van der Waals surface area contributed by atoms with Crippen LogP contribution in [0.15, 0.2) is 15.9 Å². The maximum Gasteiger partial charge on any atom is 0.0721 e. The predicted molar refractivity (Wildman–Crippen MR) is 82.8 cm³/mol. The molecule has 0 aromatic heterocycles. The van der Waals surface area contributed by atoms with Gasteiger partial charge in [-0.1, -0.05) is 27.7 Å². The summed E-state index contributed by atoms with van der Waals surface area (Å²) in [7, 11) is -0.570. The minimum absolute atomic E-state index is 0.123. The summed E-state index contributed by atoms with van der Waals surface area (Å²) in [4.78, 5) is 4.56. The molecule has 0 N–H and O–H groups in total. The van der Waals surface area contributed by atoms with E-state index in [9.17, 15) is 0 Å². The maximum atomic E-state index is 6.41. The first kappa shape index (κ1) is 15.9. The summed E-state index contributed by atoms with van der Waals surface area (Å²) < 4.78 is 6.41. The van der Waals surface area contributed by atoms with E-state index in [-0.39, 0.29) is 11.0 Å². The third kappa shape index (κ3) is 3.22. The van der Waals surface area contributed by atoms with E-state index in [0.717, 1.165) is 13.0 Å². The quantitative estimate of drug-likeness (QED) is 0.659. The molecule has 1 rings (SSSR count). The van der Waals surface area contributed by atoms with E-state index in [1.807, 2.05) is 0 Å². The molecule has 104 valence electrons. The van der Waals surface area contributed by atoms with Crippen molar-refractivity contribution in [2.24, 2.45) is 10.4 Å². The first-order valence-corrected chi connectivity index (χ1v) is 8.47. The smallest absolute Gasteiger partial charge is 0.0721 e. The second-order valence-electron chi connectivity index (χ2n) is 6.56. The Morgan fingerprint density at radius 3 is 2.22 bits per heavy atom. The fraction of sp³-hybridized carbons (Fsp3) is 0.800. The summed E-state index contributed by atoms with van der Waals surface area (Å²) >= 11 is 0. The maximum absolute atomic E-state index is 6.41. The van der Waals surface area contributed by atoms with Crippen LogP contribution in [0.25, 0.3) is 0 Å². The van der Waals surface area contributed by atoms with Gasteiger partial charge in [0.05, 0.1) is 20.3 Å². The zero-order chi connectivity index (χ0) is 14.1. The van der Waals surface area contributed by atoms with Crippen molar-refractivity contribution in [3.63, 3.8) is 0 Å². The second-order valence-corrected chi connectivity index (χ2v) is 8.18. The summed E-state index contributed by atoms with van der Waals surface area (Å²) in [5.41, 5.74) is 2.67. The van der Waals surface area contributed by atoms with Gasteiger partial charge < -0.3 is 4.52 Å². The molecule has 0 radical (unpaired) electrons. The molecule has 2 nitrogen and oxygen atoms in total. The van der Waals surface area contributed by atoms with Gasteiger partial charge in [-0.2, -0.15) is 0 Å². The van der Waals surface area contributed by atoms with Gasteiger partial charge in [0.2, 0.25) is 0 Å². The average molecular weight is 269 g/mol. The van der Waals surface area contributed by atoms with Crippen LogP contribution in [0.5, 0.6) is 0 Å². The minimum Gasteiger partial charge on any atom is -0.348 e. The van der Waals surface area contributed by atoms with E-state index < -0.39 is 8.15 Å². The van der Waals surface area contributed by atoms with E-state index in [0.29, 0.717) is 0 Å². The van der Waals surface area contributed by atoms with Crippen molar-refractivity contribution in [1.82, 2.24) is 0 Å². The SMILES string of the molecule is CCC1=C(P(C)OC(C)(C)C(C)(C)C)C(C)=NC1. The molecule has 3 heteroatoms. The van der Waals surface area contributed by atoms with Gasteiger partial charge >= 0.3 is 0 Å². The normalized spacial score (nSPS) is 19.2. The van der Waals surface area contributed by atoms with E-state index >= 15 is 0 Å². The highest BCUT2D eigenvalue weighted by Crippen LogP contribution is 2.52. The van der Waals surface area contributed by atoms with Gasteiger partial charge in [-0.15, -0.1) is 0 Å². The molecule has 18 heavy (non-hydrogen) atoms. The van der Waals surface area contributed by atoms with Gasteiger partial charge in [0, 0.05) is 11.0 Å². The molecular formula is C15H28NOP. The van der Waals surface area contributed by atoms with Crippen molar-refractivity contribution in [3.8, 4) is 0 Å². The van der Waals surface area contributed by atoms with Crippen molar-refractivity contribution < 1.29 is 4.52 Å². The number of rotatable bonds is 4. The highest BCUT2D eigenvalue weighted by atomic mass is 31.1. The minimum atomic E-state index is -0.570. The molecule has 1 aliphatic heterocycles. The van der Waals surface area contributed by atoms with Crippen molar-refractivity contribution in [2.75, 3.05) is 13.2 Å². The van der Waals surface area contributed by atoms with Gasteiger partial charge in [-0.3, -0.25) is 4.99 Å². The predicted octanol–water partition coefficient (Wildman–Crippen LogP) is 4.99. The molecule has 0 spiro atoms. The van der Waals surface area contributed by atoms with Crippen LogP contribution in [-0.2, 0) is 4.52 Å². The average Bonchev–Trinajstić information content (AvgIpc) is 2.56. The lowest BCUT2D eigenvalue weighted by Gasteiger charge is -2.40. The molecule has 0 aromatic rings. The molecule has 0 saturated heterocycles. The summed E-state index contributed by atoms with van der Waals surface area (Å²) in [6, 6.07) is 0. The standard InChI is InChI=1S/C15H28NOP/c1-9-12-10-16-11(2)13(12)18(8)17-15(6,7)14(3,4)5/h9-10H2,1-8H3. The van der Waals surface area contributed by atoms with E-state index in [2.05, 4.69) is 60.1 Å². The first-order valence-electron chi connectivity index (χ1n) is 6.76.